The molecule has 21 heavy (non-hydrogen) atoms. The van der Waals surface area contributed by atoms with Crippen LogP contribution in [0.25, 0.3) is 0 Å². The zero-order valence-electron chi connectivity index (χ0n) is 11.2. The number of halogens is 2. The molecule has 0 aromatic heterocycles. The summed E-state index contributed by atoms with van der Waals surface area (Å²) in [5, 5.41) is 14.8. The summed E-state index contributed by atoms with van der Waals surface area (Å²) in [6.07, 6.45) is -0.632. The highest BCUT2D eigenvalue weighted by Crippen LogP contribution is 2.23. The number of nitrogens with one attached hydrogen (secondary N) is 2. The molecule has 0 aliphatic carbocycles. The van der Waals surface area contributed by atoms with Crippen LogP contribution in [0, 0.1) is 5.82 Å². The van der Waals surface area contributed by atoms with Gasteiger partial charge in [-0.1, -0.05) is 23.7 Å². The summed E-state index contributed by atoms with van der Waals surface area (Å²) in [6, 6.07) is 9.94. The molecule has 0 saturated heterocycles. The van der Waals surface area contributed by atoms with Crippen LogP contribution in [0.2, 0.25) is 5.02 Å². The maximum absolute atomic E-state index is 13.1. The third-order valence-electron chi connectivity index (χ3n) is 2.80. The minimum absolute atomic E-state index is 0.181. The van der Waals surface area contributed by atoms with Gasteiger partial charge in [-0.3, -0.25) is 0 Å². The number of aliphatic hydroxyl groups excluding tert-OH is 1. The highest BCUT2D eigenvalue weighted by Gasteiger charge is 2.08. The molecule has 0 radical (unpaired) electrons. The highest BCUT2D eigenvalue weighted by atomic mass is 35.5. The molecule has 2 amide bonds. The van der Waals surface area contributed by atoms with Crippen molar-refractivity contribution in [1.29, 1.82) is 0 Å². The number of rotatable bonds is 3. The van der Waals surface area contributed by atoms with Crippen molar-refractivity contribution in [2.45, 2.75) is 13.0 Å². The van der Waals surface area contributed by atoms with Gasteiger partial charge < -0.3 is 15.7 Å². The maximum atomic E-state index is 13.1. The first-order chi connectivity index (χ1) is 9.95. The minimum Gasteiger partial charge on any atom is -0.389 e. The Morgan fingerprint density at radius 1 is 1.24 bits per heavy atom. The van der Waals surface area contributed by atoms with Crippen LogP contribution in [0.3, 0.4) is 0 Å². The van der Waals surface area contributed by atoms with Gasteiger partial charge in [0.25, 0.3) is 0 Å². The Hall–Kier alpha value is -2.11. The number of carbonyl (C=O) groups is 1. The lowest BCUT2D eigenvalue weighted by atomic mass is 10.1. The molecular formula is C15H14ClFN2O2. The van der Waals surface area contributed by atoms with Gasteiger partial charge in [-0.15, -0.1) is 0 Å². The summed E-state index contributed by atoms with van der Waals surface area (Å²) in [5.74, 6) is -0.495. The van der Waals surface area contributed by atoms with E-state index in [4.69, 9.17) is 11.6 Å². The molecule has 110 valence electrons. The quantitative estimate of drug-likeness (QED) is 0.796. The van der Waals surface area contributed by atoms with Gasteiger partial charge in [0.2, 0.25) is 0 Å². The summed E-state index contributed by atoms with van der Waals surface area (Å²) in [7, 11) is 0. The molecule has 0 spiro atoms. The predicted molar refractivity (Wildman–Crippen MR) is 81.1 cm³/mol. The molecule has 0 aliphatic heterocycles. The lowest BCUT2D eigenvalue weighted by molar-refractivity contribution is 0.199. The number of anilines is 2. The van der Waals surface area contributed by atoms with Crippen molar-refractivity contribution in [1.82, 2.24) is 0 Å². The van der Waals surface area contributed by atoms with Gasteiger partial charge in [0.05, 0.1) is 16.8 Å². The van der Waals surface area contributed by atoms with E-state index in [9.17, 15) is 14.3 Å². The molecule has 3 N–H and O–H groups in total. The molecule has 2 aromatic carbocycles. The summed E-state index contributed by atoms with van der Waals surface area (Å²) in [4.78, 5) is 11.9. The highest BCUT2D eigenvalue weighted by molar-refractivity contribution is 6.33. The number of hydrogen-bond acceptors (Lipinski definition) is 2. The third kappa shape index (κ3) is 4.18. The van der Waals surface area contributed by atoms with Crippen molar-refractivity contribution in [3.8, 4) is 0 Å². The Morgan fingerprint density at radius 3 is 2.71 bits per heavy atom. The van der Waals surface area contributed by atoms with Crippen molar-refractivity contribution < 1.29 is 14.3 Å². The molecular weight excluding hydrogens is 295 g/mol. The standard InChI is InChI=1S/C15H14ClFN2O2/c1-9(20)10-3-2-4-12(7-10)18-15(21)19-14-8-11(17)5-6-13(14)16/h2-9,20H,1H3,(H2,18,19,21). The number of hydrogen-bond donors (Lipinski definition) is 3. The molecule has 4 nitrogen and oxygen atoms in total. The number of amides is 2. The van der Waals surface area contributed by atoms with Gasteiger partial charge in [-0.2, -0.15) is 0 Å². The molecule has 0 bridgehead atoms. The SMILES string of the molecule is CC(O)c1cccc(NC(=O)Nc2cc(F)ccc2Cl)c1. The summed E-state index contributed by atoms with van der Waals surface area (Å²) in [6.45, 7) is 1.63. The number of urea groups is 1. The molecule has 1 unspecified atom stereocenters. The lowest BCUT2D eigenvalue weighted by Gasteiger charge is -2.11. The van der Waals surface area contributed by atoms with E-state index in [1.165, 1.54) is 12.1 Å². The molecule has 0 fully saturated rings. The van der Waals surface area contributed by atoms with Crippen LogP contribution >= 0.6 is 11.6 Å². The third-order valence-corrected chi connectivity index (χ3v) is 3.13. The van der Waals surface area contributed by atoms with Crippen molar-refractivity contribution in [2.24, 2.45) is 0 Å². The molecule has 6 heteroatoms. The zero-order chi connectivity index (χ0) is 15.4. The normalized spacial score (nSPS) is 11.8. The van der Waals surface area contributed by atoms with Crippen LogP contribution in [-0.2, 0) is 0 Å². The molecule has 2 aromatic rings. The number of carbonyl (C=O) groups excluding carboxylic acids is 1. The smallest absolute Gasteiger partial charge is 0.323 e. The van der Waals surface area contributed by atoms with E-state index < -0.39 is 18.0 Å². The van der Waals surface area contributed by atoms with E-state index in [1.54, 1.807) is 31.2 Å². The van der Waals surface area contributed by atoms with E-state index in [1.807, 2.05) is 0 Å². The van der Waals surface area contributed by atoms with Gasteiger partial charge in [0, 0.05) is 5.69 Å². The number of benzene rings is 2. The fraction of sp³-hybridized carbons (Fsp3) is 0.133. The molecule has 1 atom stereocenters. The first-order valence-corrected chi connectivity index (χ1v) is 6.64. The van der Waals surface area contributed by atoms with E-state index in [2.05, 4.69) is 10.6 Å². The molecule has 2 rings (SSSR count). The monoisotopic (exact) mass is 308 g/mol. The fourth-order valence-electron chi connectivity index (χ4n) is 1.75. The molecule has 0 saturated carbocycles. The minimum atomic E-state index is -0.632. The van der Waals surface area contributed by atoms with Crippen molar-refractivity contribution in [2.75, 3.05) is 10.6 Å². The Balaban J connectivity index is 2.08. The Kier molecular flexibility index (Phi) is 4.77. The maximum Gasteiger partial charge on any atom is 0.323 e. The van der Waals surface area contributed by atoms with Crippen molar-refractivity contribution in [3.05, 3.63) is 58.9 Å². The van der Waals surface area contributed by atoms with E-state index in [0.29, 0.717) is 11.3 Å². The van der Waals surface area contributed by atoms with Crippen LogP contribution in [0.1, 0.15) is 18.6 Å². The van der Waals surface area contributed by atoms with E-state index >= 15 is 0 Å². The second-order valence-corrected chi connectivity index (χ2v) is 4.91. The van der Waals surface area contributed by atoms with Crippen LogP contribution in [-0.4, -0.2) is 11.1 Å². The largest absolute Gasteiger partial charge is 0.389 e. The first-order valence-electron chi connectivity index (χ1n) is 6.27. The fourth-order valence-corrected chi connectivity index (χ4v) is 1.92. The van der Waals surface area contributed by atoms with Gasteiger partial charge in [-0.25, -0.2) is 9.18 Å². The van der Waals surface area contributed by atoms with E-state index in [-0.39, 0.29) is 10.7 Å². The van der Waals surface area contributed by atoms with Gasteiger partial charge >= 0.3 is 6.03 Å². The van der Waals surface area contributed by atoms with Gasteiger partial charge in [-0.05, 0) is 42.8 Å². The van der Waals surface area contributed by atoms with Crippen LogP contribution in [0.15, 0.2) is 42.5 Å². The average Bonchev–Trinajstić information content (AvgIpc) is 2.43. The topological polar surface area (TPSA) is 61.4 Å². The number of aliphatic hydroxyl groups is 1. The zero-order valence-corrected chi connectivity index (χ0v) is 12.0. The Bertz CT molecular complexity index is 662. The summed E-state index contributed by atoms with van der Waals surface area (Å²) < 4.78 is 13.1. The Morgan fingerprint density at radius 2 is 2.00 bits per heavy atom. The van der Waals surface area contributed by atoms with E-state index in [0.717, 1.165) is 6.07 Å². The summed E-state index contributed by atoms with van der Waals surface area (Å²) in [5.41, 5.74) is 1.37. The van der Waals surface area contributed by atoms with Gasteiger partial charge in [0.15, 0.2) is 0 Å². The lowest BCUT2D eigenvalue weighted by Crippen LogP contribution is -2.19. The van der Waals surface area contributed by atoms with Crippen molar-refractivity contribution >= 4 is 29.0 Å². The second-order valence-electron chi connectivity index (χ2n) is 4.50. The van der Waals surface area contributed by atoms with Crippen LogP contribution in [0.4, 0.5) is 20.6 Å². The molecule has 0 heterocycles. The first kappa shape index (κ1) is 15.3. The average molecular weight is 309 g/mol. The second kappa shape index (κ2) is 6.56. The van der Waals surface area contributed by atoms with Crippen molar-refractivity contribution in [3.63, 3.8) is 0 Å². The summed E-state index contributed by atoms with van der Waals surface area (Å²) >= 11 is 5.87. The van der Waals surface area contributed by atoms with Gasteiger partial charge in [0.1, 0.15) is 5.82 Å². The van der Waals surface area contributed by atoms with Crippen LogP contribution < -0.4 is 10.6 Å². The van der Waals surface area contributed by atoms with Crippen LogP contribution in [0.5, 0.6) is 0 Å². The molecule has 0 aliphatic rings. The predicted octanol–water partition coefficient (Wildman–Crippen LogP) is 4.18. The Labute approximate surface area is 126 Å².